The molecule has 32 heavy (non-hydrogen) atoms. The summed E-state index contributed by atoms with van der Waals surface area (Å²) in [5.74, 6) is 1.55. The van der Waals surface area contributed by atoms with Crippen LogP contribution in [0.2, 0.25) is 0 Å². The second-order valence-corrected chi connectivity index (χ2v) is 8.11. The van der Waals surface area contributed by atoms with Gasteiger partial charge in [0.2, 0.25) is 5.88 Å². The van der Waals surface area contributed by atoms with Gasteiger partial charge in [-0.05, 0) is 30.7 Å². The topological polar surface area (TPSA) is 116 Å². The van der Waals surface area contributed by atoms with E-state index in [0.29, 0.717) is 51.0 Å². The van der Waals surface area contributed by atoms with Gasteiger partial charge >= 0.3 is 0 Å². The van der Waals surface area contributed by atoms with Crippen molar-refractivity contribution in [2.75, 3.05) is 20.3 Å². The summed E-state index contributed by atoms with van der Waals surface area (Å²) in [7, 11) is 1.52. The Bertz CT molecular complexity index is 1410. The number of aromatic nitrogens is 3. The van der Waals surface area contributed by atoms with Crippen LogP contribution in [0.1, 0.15) is 11.1 Å². The van der Waals surface area contributed by atoms with Crippen molar-refractivity contribution in [3.05, 3.63) is 35.5 Å². The van der Waals surface area contributed by atoms with Crippen LogP contribution in [-0.2, 0) is 9.53 Å². The second kappa shape index (κ2) is 7.94. The van der Waals surface area contributed by atoms with Crippen LogP contribution < -0.4 is 14.2 Å². The predicted molar refractivity (Wildman–Crippen MR) is 116 cm³/mol. The lowest BCUT2D eigenvalue weighted by molar-refractivity contribution is -0.131. The average molecular weight is 448 g/mol. The Morgan fingerprint density at radius 3 is 2.97 bits per heavy atom. The van der Waals surface area contributed by atoms with Gasteiger partial charge in [0.15, 0.2) is 17.6 Å². The van der Waals surface area contributed by atoms with Crippen molar-refractivity contribution in [3.63, 3.8) is 0 Å². The maximum Gasteiger partial charge on any atom is 0.293 e. The molecule has 2 aromatic heterocycles. The standard InChI is InChI=1S/C22H16N4O5S/c1-11-3-16-20(30-9-13(31-16)8-29-10-27)21-18(11)26-22(32-21)14-4-12(6-23)5-15-19(14)24-7-17(25-15)28-2/h3-5,7,10,13H,8-9H2,1-2H3/t13-/m0/s1. The van der Waals surface area contributed by atoms with Gasteiger partial charge in [-0.1, -0.05) is 0 Å². The molecule has 4 aromatic rings. The molecule has 10 heteroatoms. The van der Waals surface area contributed by atoms with Crippen molar-refractivity contribution in [1.29, 1.82) is 5.26 Å². The van der Waals surface area contributed by atoms with Gasteiger partial charge < -0.3 is 18.9 Å². The predicted octanol–water partition coefficient (Wildman–Crippen LogP) is 3.41. The number of hydrogen-bond donors (Lipinski definition) is 0. The normalized spacial score (nSPS) is 14.8. The zero-order valence-corrected chi connectivity index (χ0v) is 17.9. The molecule has 0 amide bonds. The summed E-state index contributed by atoms with van der Waals surface area (Å²) in [6.07, 6.45) is 1.16. The van der Waals surface area contributed by atoms with Gasteiger partial charge in [-0.2, -0.15) is 5.26 Å². The van der Waals surface area contributed by atoms with Gasteiger partial charge in [0, 0.05) is 5.56 Å². The van der Waals surface area contributed by atoms with Crippen LogP contribution in [0.15, 0.2) is 24.4 Å². The molecule has 3 heterocycles. The highest BCUT2D eigenvalue weighted by atomic mass is 32.1. The van der Waals surface area contributed by atoms with Gasteiger partial charge in [-0.25, -0.2) is 15.0 Å². The van der Waals surface area contributed by atoms with E-state index in [9.17, 15) is 10.1 Å². The molecule has 0 unspecified atom stereocenters. The smallest absolute Gasteiger partial charge is 0.293 e. The minimum atomic E-state index is -0.376. The van der Waals surface area contributed by atoms with Crippen molar-refractivity contribution in [1.82, 2.24) is 15.0 Å². The molecule has 0 aliphatic carbocycles. The van der Waals surface area contributed by atoms with Gasteiger partial charge in [0.1, 0.15) is 22.9 Å². The second-order valence-electron chi connectivity index (χ2n) is 7.11. The number of benzene rings is 2. The SMILES string of the molecule is COc1cnc2c(-c3nc4c(C)cc5c(c4s3)OC[C@H](COC=O)O5)cc(C#N)cc2n1. The fourth-order valence-corrected chi connectivity index (χ4v) is 4.73. The summed E-state index contributed by atoms with van der Waals surface area (Å²) in [6, 6.07) is 7.47. The summed E-state index contributed by atoms with van der Waals surface area (Å²) in [5, 5.41) is 10.2. The quantitative estimate of drug-likeness (QED) is 0.423. The zero-order valence-electron chi connectivity index (χ0n) is 17.1. The van der Waals surface area contributed by atoms with E-state index in [1.807, 2.05) is 13.0 Å². The minimum absolute atomic E-state index is 0.114. The number of carbonyl (C=O) groups excluding carboxylic acids is 1. The fraction of sp³-hybridized carbons (Fsp3) is 0.227. The average Bonchev–Trinajstić information content (AvgIpc) is 3.27. The number of carbonyl (C=O) groups is 1. The molecule has 5 rings (SSSR count). The first kappa shape index (κ1) is 20.0. The highest BCUT2D eigenvalue weighted by Crippen LogP contribution is 2.46. The summed E-state index contributed by atoms with van der Waals surface area (Å²) in [4.78, 5) is 24.2. The van der Waals surface area contributed by atoms with Crippen molar-refractivity contribution in [3.8, 4) is 34.0 Å². The number of aryl methyl sites for hydroxylation is 1. The van der Waals surface area contributed by atoms with Crippen molar-refractivity contribution < 1.29 is 23.7 Å². The maximum absolute atomic E-state index is 10.5. The lowest BCUT2D eigenvalue weighted by Crippen LogP contribution is -2.33. The molecule has 160 valence electrons. The van der Waals surface area contributed by atoms with Crippen molar-refractivity contribution in [2.45, 2.75) is 13.0 Å². The molecule has 0 spiro atoms. The number of ether oxygens (including phenoxy) is 4. The zero-order chi connectivity index (χ0) is 22.2. The van der Waals surface area contributed by atoms with Crippen LogP contribution >= 0.6 is 11.3 Å². The van der Waals surface area contributed by atoms with Crippen LogP contribution in [0.4, 0.5) is 0 Å². The van der Waals surface area contributed by atoms with Crippen molar-refractivity contribution >= 4 is 39.1 Å². The molecule has 2 aromatic carbocycles. The van der Waals surface area contributed by atoms with Crippen LogP contribution in [0.5, 0.6) is 17.4 Å². The molecule has 9 nitrogen and oxygen atoms in total. The molecule has 0 saturated carbocycles. The fourth-order valence-electron chi connectivity index (χ4n) is 3.58. The Hall–Kier alpha value is -3.97. The summed E-state index contributed by atoms with van der Waals surface area (Å²) in [5.41, 5.74) is 4.03. The Morgan fingerprint density at radius 1 is 1.31 bits per heavy atom. The van der Waals surface area contributed by atoms with E-state index in [2.05, 4.69) is 16.0 Å². The first-order chi connectivity index (χ1) is 15.6. The number of fused-ring (bicyclic) bond motifs is 4. The molecule has 0 bridgehead atoms. The van der Waals surface area contributed by atoms with E-state index in [-0.39, 0.29) is 19.3 Å². The third kappa shape index (κ3) is 3.33. The van der Waals surface area contributed by atoms with Gasteiger partial charge in [0.25, 0.3) is 6.47 Å². The van der Waals surface area contributed by atoms with E-state index in [0.717, 1.165) is 15.8 Å². The molecule has 0 fully saturated rings. The first-order valence-corrected chi connectivity index (χ1v) is 10.5. The van der Waals surface area contributed by atoms with Crippen LogP contribution in [-0.4, -0.2) is 47.9 Å². The van der Waals surface area contributed by atoms with Gasteiger partial charge in [-0.3, -0.25) is 4.79 Å². The molecule has 0 radical (unpaired) electrons. The number of nitriles is 1. The van der Waals surface area contributed by atoms with E-state index >= 15 is 0 Å². The summed E-state index contributed by atoms with van der Waals surface area (Å²) >= 11 is 1.43. The molecule has 0 N–H and O–H groups in total. The third-order valence-corrected chi connectivity index (χ3v) is 6.12. The van der Waals surface area contributed by atoms with Crippen molar-refractivity contribution in [2.24, 2.45) is 0 Å². The Morgan fingerprint density at radius 2 is 2.19 bits per heavy atom. The minimum Gasteiger partial charge on any atom is -0.484 e. The number of nitrogens with zero attached hydrogens (tertiary/aromatic N) is 4. The third-order valence-electron chi connectivity index (χ3n) is 5.03. The van der Waals surface area contributed by atoms with E-state index in [4.69, 9.17) is 23.9 Å². The van der Waals surface area contributed by atoms with Gasteiger partial charge in [0.05, 0.1) is 41.5 Å². The Labute approximate surface area is 186 Å². The van der Waals surface area contributed by atoms with E-state index in [1.54, 1.807) is 12.1 Å². The van der Waals surface area contributed by atoms with Crippen LogP contribution in [0, 0.1) is 18.3 Å². The first-order valence-electron chi connectivity index (χ1n) is 9.65. The molecular formula is C22H16N4O5S. The highest BCUT2D eigenvalue weighted by molar-refractivity contribution is 7.22. The lowest BCUT2D eigenvalue weighted by Gasteiger charge is -2.26. The van der Waals surface area contributed by atoms with E-state index in [1.165, 1.54) is 24.6 Å². The lowest BCUT2D eigenvalue weighted by atomic mass is 10.1. The number of hydrogen-bond acceptors (Lipinski definition) is 10. The molecule has 0 saturated heterocycles. The number of rotatable bonds is 5. The number of thiazole rings is 1. The van der Waals surface area contributed by atoms with Gasteiger partial charge in [-0.15, -0.1) is 11.3 Å². The largest absolute Gasteiger partial charge is 0.484 e. The van der Waals surface area contributed by atoms with E-state index < -0.39 is 0 Å². The monoisotopic (exact) mass is 448 g/mol. The Balaban J connectivity index is 1.65. The number of methoxy groups -OCH3 is 1. The molecule has 1 aliphatic rings. The van der Waals surface area contributed by atoms with Crippen LogP contribution in [0.25, 0.3) is 31.8 Å². The molecule has 1 aliphatic heterocycles. The summed E-state index contributed by atoms with van der Waals surface area (Å²) < 4.78 is 22.7. The molecule has 1 atom stereocenters. The maximum atomic E-state index is 10.5. The van der Waals surface area contributed by atoms with Crippen LogP contribution in [0.3, 0.4) is 0 Å². The molecular weight excluding hydrogens is 432 g/mol. The Kier molecular flexibility index (Phi) is 4.95. The highest BCUT2D eigenvalue weighted by Gasteiger charge is 2.27. The summed E-state index contributed by atoms with van der Waals surface area (Å²) in [6.45, 7) is 2.70.